The van der Waals surface area contributed by atoms with Crippen molar-refractivity contribution < 1.29 is 123 Å². The van der Waals surface area contributed by atoms with Crippen LogP contribution in [0.3, 0.4) is 0 Å². The van der Waals surface area contributed by atoms with Crippen LogP contribution in [0.1, 0.15) is 265 Å². The Balaban J connectivity index is 0.000000123. The minimum Gasteiger partial charge on any atom is -0.392 e. The van der Waals surface area contributed by atoms with E-state index < -0.39 is 205 Å². The van der Waals surface area contributed by atoms with Gasteiger partial charge in [-0.2, -0.15) is 0 Å². The molecule has 16 saturated carbocycles. The van der Waals surface area contributed by atoms with Crippen LogP contribution < -0.4 is 0 Å². The van der Waals surface area contributed by atoms with E-state index in [0.29, 0.717) is 103 Å². The molecule has 104 heavy (non-hydrogen) atoms. The maximum absolute atomic E-state index is 11.7. The normalized spacial score (nSPS) is 63.9. The zero-order valence-corrected chi connectivity index (χ0v) is 64.9. The van der Waals surface area contributed by atoms with Crippen LogP contribution in [-0.2, 0) is 0 Å². The molecule has 24 nitrogen and oxygen atoms in total. The summed E-state index contributed by atoms with van der Waals surface area (Å²) >= 11 is 0. The van der Waals surface area contributed by atoms with Gasteiger partial charge in [-0.25, -0.2) is 0 Å². The number of hydrogen-bond acceptors (Lipinski definition) is 24. The van der Waals surface area contributed by atoms with Gasteiger partial charge in [0, 0.05) is 45.3 Å². The Kier molecular flexibility index (Phi) is 17.6. The first-order valence-electron chi connectivity index (χ1n) is 39.6. The Labute approximate surface area is 614 Å². The summed E-state index contributed by atoms with van der Waals surface area (Å²) in [5, 5.41) is 268. The minimum atomic E-state index is -1.63. The summed E-state index contributed by atoms with van der Waals surface area (Å²) in [4.78, 5) is 0. The molecule has 600 valence electrons. The smallest absolute Gasteiger partial charge is 0.104 e. The van der Waals surface area contributed by atoms with Crippen LogP contribution in [0, 0.1) is 90.7 Å². The first-order valence-corrected chi connectivity index (χ1v) is 39.6. The molecule has 36 atom stereocenters. The van der Waals surface area contributed by atoms with Gasteiger partial charge < -0.3 is 123 Å². The predicted octanol–water partition coefficient (Wildman–Crippen LogP) is 1.25. The van der Waals surface area contributed by atoms with Crippen LogP contribution in [0.5, 0.6) is 0 Å². The quantitative estimate of drug-likeness (QED) is 0.162. The van der Waals surface area contributed by atoms with E-state index in [4.69, 9.17) is 0 Å². The molecule has 8 bridgehead atoms. The molecule has 0 amide bonds. The average Bonchev–Trinajstić information content (AvgIpc) is 1.53. The lowest BCUT2D eigenvalue weighted by Crippen LogP contribution is -2.60. The number of fused-ring (bicyclic) bond motifs is 8. The van der Waals surface area contributed by atoms with Crippen LogP contribution in [0.2, 0.25) is 0 Å². The zero-order chi connectivity index (χ0) is 78.2. The van der Waals surface area contributed by atoms with Crippen molar-refractivity contribution in [2.24, 2.45) is 90.7 Å². The standard InChI is InChI=1S/4C20H34O6/c4*1-15(2)13(21)7-12-17(4,24)11-5-6-19(25)10-18(11,9-16(19,3)23)8-14(22)20(12,15)26/h4*11-14,21-26H,5-10H2,1-4H3/t4*11-,12+,13-,14+,16+,17-,18+,19-,20-/m0000/s1. The third-order valence-electron chi connectivity index (χ3n) is 37.2. The first-order chi connectivity index (χ1) is 46.6. The fourth-order valence-electron chi connectivity index (χ4n) is 30.9. The molecule has 24 N–H and O–H groups in total. The van der Waals surface area contributed by atoms with E-state index in [-0.39, 0.29) is 75.0 Å². The van der Waals surface area contributed by atoms with E-state index in [2.05, 4.69) is 0 Å². The van der Waals surface area contributed by atoms with Crippen molar-refractivity contribution in [3.05, 3.63) is 0 Å². The molecule has 16 aliphatic rings. The van der Waals surface area contributed by atoms with Crippen LogP contribution in [0.4, 0.5) is 0 Å². The second-order valence-corrected chi connectivity index (χ2v) is 43.6. The largest absolute Gasteiger partial charge is 0.392 e. The highest BCUT2D eigenvalue weighted by Gasteiger charge is 2.82. The van der Waals surface area contributed by atoms with Gasteiger partial charge in [0.15, 0.2) is 0 Å². The molecule has 0 heterocycles. The predicted molar refractivity (Wildman–Crippen MR) is 376 cm³/mol. The van der Waals surface area contributed by atoms with E-state index >= 15 is 0 Å². The zero-order valence-electron chi connectivity index (χ0n) is 64.9. The van der Waals surface area contributed by atoms with Crippen molar-refractivity contribution in [3.8, 4) is 0 Å². The van der Waals surface area contributed by atoms with Crippen molar-refractivity contribution in [1.29, 1.82) is 0 Å². The second-order valence-electron chi connectivity index (χ2n) is 43.6. The topological polar surface area (TPSA) is 486 Å². The number of aliphatic hydroxyl groups is 24. The maximum Gasteiger partial charge on any atom is 0.104 e. The highest BCUT2D eigenvalue weighted by atomic mass is 16.4. The molecular formula is C80H136O24. The van der Waals surface area contributed by atoms with E-state index in [9.17, 15) is 123 Å². The molecule has 4 spiro atoms. The molecule has 16 rings (SSSR count). The van der Waals surface area contributed by atoms with Crippen LogP contribution in [-0.4, -0.2) is 261 Å². The summed E-state index contributed by atoms with van der Waals surface area (Å²) in [7, 11) is 0. The van der Waals surface area contributed by atoms with E-state index in [1.54, 1.807) is 111 Å². The Bertz CT molecular complexity index is 2940. The van der Waals surface area contributed by atoms with Gasteiger partial charge in [0.25, 0.3) is 0 Å². The van der Waals surface area contributed by atoms with Crippen molar-refractivity contribution in [1.82, 2.24) is 0 Å². The summed E-state index contributed by atoms with van der Waals surface area (Å²) in [5.74, 6) is -3.74. The summed E-state index contributed by atoms with van der Waals surface area (Å²) in [6.45, 7) is 27.3. The van der Waals surface area contributed by atoms with Gasteiger partial charge in [0.2, 0.25) is 0 Å². The summed E-state index contributed by atoms with van der Waals surface area (Å²) in [6, 6.07) is 0. The van der Waals surface area contributed by atoms with Gasteiger partial charge in [-0.3, -0.25) is 0 Å². The number of rotatable bonds is 0. The van der Waals surface area contributed by atoms with Gasteiger partial charge in [-0.1, -0.05) is 55.4 Å². The Morgan fingerprint density at radius 3 is 0.510 bits per heavy atom. The lowest BCUT2D eigenvalue weighted by molar-refractivity contribution is -0.201. The SMILES string of the molecule is CC1(C)[C@@H](O)C[C@@H]2[C@@](C)(O)[C@@H]3CC[C@]4(O)C[C@@]3(C[C@@H](O)[C@@]21O)C[C@@]4(C)O.CC1(C)[C@@H](O)C[C@@H]2[C@@](C)(O)[C@@H]3CC[C@]4(O)C[C@@]3(C[C@@H](O)[C@@]21O)C[C@@]4(C)O.CC1(C)[C@@H](O)C[C@@H]2[C@@](C)(O)[C@@H]3CC[C@]4(O)C[C@@]3(C[C@@H](O)[C@@]21O)C[C@@]4(C)O.CC1(C)[C@@H](O)C[C@@H]2[C@@](C)(O)[C@@H]3CC[C@]4(O)C[C@@]3(C[C@@H](O)[C@@]21O)C[C@@]4(C)O. The molecule has 0 radical (unpaired) electrons. The molecule has 0 aliphatic heterocycles. The second kappa shape index (κ2) is 22.5. The number of hydrogen-bond donors (Lipinski definition) is 24. The molecule has 16 fully saturated rings. The van der Waals surface area contributed by atoms with Gasteiger partial charge in [0.1, 0.15) is 22.4 Å². The fraction of sp³-hybridized carbons (Fsp3) is 1.00. The Morgan fingerprint density at radius 1 is 0.202 bits per heavy atom. The highest BCUT2D eigenvalue weighted by molar-refractivity contribution is 5.32. The first kappa shape index (κ1) is 81.1. The van der Waals surface area contributed by atoms with Crippen molar-refractivity contribution >= 4 is 0 Å². The van der Waals surface area contributed by atoms with Gasteiger partial charge in [-0.15, -0.1) is 0 Å². The summed E-state index contributed by atoms with van der Waals surface area (Å²) < 4.78 is 0. The van der Waals surface area contributed by atoms with E-state index in [0.717, 1.165) is 0 Å². The van der Waals surface area contributed by atoms with Gasteiger partial charge in [0.05, 0.1) is 116 Å². The Hall–Kier alpha value is -0.960. The monoisotopic (exact) mass is 1480 g/mol. The Morgan fingerprint density at radius 2 is 0.356 bits per heavy atom. The molecule has 0 aromatic carbocycles. The maximum atomic E-state index is 11.7. The molecular weight excluding hydrogens is 1340 g/mol. The average molecular weight is 1480 g/mol. The molecule has 0 unspecified atom stereocenters. The lowest BCUT2D eigenvalue weighted by Gasteiger charge is -2.50. The molecule has 0 aromatic heterocycles. The third kappa shape index (κ3) is 9.69. The molecule has 0 aromatic rings. The van der Waals surface area contributed by atoms with Crippen LogP contribution in [0.25, 0.3) is 0 Å². The van der Waals surface area contributed by atoms with E-state index in [1.165, 1.54) is 0 Å². The summed E-state index contributed by atoms with van der Waals surface area (Å²) in [6.07, 6.45) is -0.0911. The minimum absolute atomic E-state index is 0.204. The fourth-order valence-corrected chi connectivity index (χ4v) is 30.9. The molecule has 0 saturated heterocycles. The lowest BCUT2D eigenvalue weighted by atomic mass is 9.58. The number of aliphatic hydroxyl groups excluding tert-OH is 8. The highest BCUT2D eigenvalue weighted by Crippen LogP contribution is 2.76. The molecule has 16 aliphatic carbocycles. The third-order valence-corrected chi connectivity index (χ3v) is 37.2. The van der Waals surface area contributed by atoms with Crippen LogP contribution >= 0.6 is 0 Å². The van der Waals surface area contributed by atoms with Gasteiger partial charge >= 0.3 is 0 Å². The molecule has 24 heteroatoms. The van der Waals surface area contributed by atoms with Crippen molar-refractivity contribution in [2.45, 2.75) is 403 Å². The van der Waals surface area contributed by atoms with E-state index in [1.807, 2.05) is 0 Å². The van der Waals surface area contributed by atoms with Crippen molar-refractivity contribution in [3.63, 3.8) is 0 Å². The van der Waals surface area contributed by atoms with Crippen LogP contribution in [0.15, 0.2) is 0 Å². The van der Waals surface area contributed by atoms with Gasteiger partial charge in [-0.05, 0) is 255 Å². The summed E-state index contributed by atoms with van der Waals surface area (Å²) in [5.41, 5.74) is -28.3. The van der Waals surface area contributed by atoms with Crippen molar-refractivity contribution in [2.75, 3.05) is 0 Å².